The predicted molar refractivity (Wildman–Crippen MR) is 115 cm³/mol. The first-order chi connectivity index (χ1) is 14.4. The molecule has 0 aliphatic carbocycles. The highest BCUT2D eigenvalue weighted by molar-refractivity contribution is 5.86. The number of ether oxygens (including phenoxy) is 2. The van der Waals surface area contributed by atoms with E-state index in [-0.39, 0.29) is 24.8 Å². The number of methoxy groups -OCH3 is 2. The van der Waals surface area contributed by atoms with Gasteiger partial charge in [-0.25, -0.2) is 9.38 Å². The van der Waals surface area contributed by atoms with Crippen LogP contribution in [-0.2, 0) is 17.8 Å². The molecule has 0 radical (unpaired) electrons. The van der Waals surface area contributed by atoms with Gasteiger partial charge in [-0.15, -0.1) is 0 Å². The molecule has 2 N–H and O–H groups in total. The Labute approximate surface area is 176 Å². The molecule has 0 heterocycles. The Hall–Kier alpha value is -3.29. The lowest BCUT2D eigenvalue weighted by Gasteiger charge is -2.15. The van der Waals surface area contributed by atoms with Gasteiger partial charge < -0.3 is 25.0 Å². The van der Waals surface area contributed by atoms with Gasteiger partial charge in [-0.2, -0.15) is 0 Å². The standard InChI is InChI=1S/C22H29FN4O3/c1-27(2)21(28)15-26-22(24-10-9-16-5-7-19(29-3)8-6-16)25-14-17-11-18(23)13-20(12-17)30-4/h5-8,11-13H,9-10,14-15H2,1-4H3,(H2,24,25,26). The van der Waals surface area contributed by atoms with Crippen LogP contribution < -0.4 is 20.1 Å². The molecule has 0 aromatic heterocycles. The molecular formula is C22H29FN4O3. The first-order valence-electron chi connectivity index (χ1n) is 9.60. The lowest BCUT2D eigenvalue weighted by atomic mass is 10.1. The molecule has 7 nitrogen and oxygen atoms in total. The van der Waals surface area contributed by atoms with E-state index >= 15 is 0 Å². The highest BCUT2D eigenvalue weighted by Crippen LogP contribution is 2.16. The van der Waals surface area contributed by atoms with Crippen LogP contribution in [0.2, 0.25) is 0 Å². The van der Waals surface area contributed by atoms with Gasteiger partial charge >= 0.3 is 0 Å². The number of nitrogens with zero attached hydrogens (tertiary/aromatic N) is 2. The Kier molecular flexibility index (Phi) is 8.93. The van der Waals surface area contributed by atoms with E-state index in [0.717, 1.165) is 17.7 Å². The quantitative estimate of drug-likeness (QED) is 0.484. The van der Waals surface area contributed by atoms with E-state index in [2.05, 4.69) is 15.6 Å². The third-order valence-corrected chi connectivity index (χ3v) is 4.36. The maximum absolute atomic E-state index is 13.7. The number of amides is 1. The molecule has 8 heteroatoms. The maximum Gasteiger partial charge on any atom is 0.241 e. The minimum Gasteiger partial charge on any atom is -0.497 e. The second kappa shape index (κ2) is 11.6. The minimum absolute atomic E-state index is 0.0768. The highest BCUT2D eigenvalue weighted by Gasteiger charge is 2.07. The monoisotopic (exact) mass is 416 g/mol. The van der Waals surface area contributed by atoms with Gasteiger partial charge in [0.25, 0.3) is 0 Å². The summed E-state index contributed by atoms with van der Waals surface area (Å²) in [5.41, 5.74) is 1.81. The molecule has 0 aliphatic heterocycles. The molecule has 2 rings (SSSR count). The van der Waals surface area contributed by atoms with E-state index in [0.29, 0.717) is 23.8 Å². The predicted octanol–water partition coefficient (Wildman–Crippen LogP) is 2.21. The highest BCUT2D eigenvalue weighted by atomic mass is 19.1. The van der Waals surface area contributed by atoms with E-state index < -0.39 is 0 Å². The average molecular weight is 416 g/mol. The molecule has 2 aromatic rings. The van der Waals surface area contributed by atoms with Gasteiger partial charge in [0, 0.05) is 26.7 Å². The van der Waals surface area contributed by atoms with Gasteiger partial charge in [-0.1, -0.05) is 12.1 Å². The molecule has 162 valence electrons. The van der Waals surface area contributed by atoms with Crippen LogP contribution in [0.15, 0.2) is 47.5 Å². The van der Waals surface area contributed by atoms with E-state index in [9.17, 15) is 9.18 Å². The van der Waals surface area contributed by atoms with E-state index in [1.54, 1.807) is 27.3 Å². The Morgan fingerprint density at radius 3 is 2.33 bits per heavy atom. The molecule has 0 aliphatic rings. The Morgan fingerprint density at radius 2 is 1.70 bits per heavy atom. The number of nitrogens with one attached hydrogen (secondary N) is 2. The molecule has 0 fully saturated rings. The fourth-order valence-electron chi connectivity index (χ4n) is 2.61. The van der Waals surface area contributed by atoms with Crippen LogP contribution in [0, 0.1) is 5.82 Å². The number of hydrogen-bond acceptors (Lipinski definition) is 4. The van der Waals surface area contributed by atoms with Gasteiger partial charge in [0.1, 0.15) is 17.3 Å². The minimum atomic E-state index is -0.385. The van der Waals surface area contributed by atoms with Crippen LogP contribution in [0.4, 0.5) is 4.39 Å². The lowest BCUT2D eigenvalue weighted by molar-refractivity contribution is -0.127. The number of carbonyl (C=O) groups excluding carboxylic acids is 1. The SMILES string of the molecule is COc1ccc(CCNC(=NCc2cc(F)cc(OC)c2)NCC(=O)N(C)C)cc1. The number of carbonyl (C=O) groups is 1. The van der Waals surface area contributed by atoms with Gasteiger partial charge in [-0.05, 0) is 41.8 Å². The zero-order valence-electron chi connectivity index (χ0n) is 17.9. The Bertz CT molecular complexity index is 854. The van der Waals surface area contributed by atoms with E-state index in [4.69, 9.17) is 9.47 Å². The maximum atomic E-state index is 13.7. The molecule has 0 saturated heterocycles. The average Bonchev–Trinajstić information content (AvgIpc) is 2.74. The molecule has 0 bridgehead atoms. The van der Waals surface area contributed by atoms with E-state index in [1.165, 1.54) is 24.1 Å². The Morgan fingerprint density at radius 1 is 1.00 bits per heavy atom. The van der Waals surface area contributed by atoms with Crippen molar-refractivity contribution >= 4 is 11.9 Å². The number of halogens is 1. The summed E-state index contributed by atoms with van der Waals surface area (Å²) in [7, 11) is 6.50. The van der Waals surface area contributed by atoms with Crippen molar-refractivity contribution in [2.45, 2.75) is 13.0 Å². The molecule has 0 unspecified atom stereocenters. The number of aliphatic imine (C=N–C) groups is 1. The van der Waals surface area contributed by atoms with Crippen molar-refractivity contribution in [1.82, 2.24) is 15.5 Å². The molecular weight excluding hydrogens is 387 g/mol. The molecule has 2 aromatic carbocycles. The number of hydrogen-bond donors (Lipinski definition) is 2. The van der Waals surface area contributed by atoms with Crippen molar-refractivity contribution in [2.24, 2.45) is 4.99 Å². The second-order valence-corrected chi connectivity index (χ2v) is 6.83. The van der Waals surface area contributed by atoms with E-state index in [1.807, 2.05) is 24.3 Å². The van der Waals surface area contributed by atoms with Crippen molar-refractivity contribution < 1.29 is 18.7 Å². The van der Waals surface area contributed by atoms with Crippen molar-refractivity contribution in [3.63, 3.8) is 0 Å². The molecule has 0 spiro atoms. The van der Waals surface area contributed by atoms with Crippen LogP contribution in [0.5, 0.6) is 11.5 Å². The van der Waals surface area contributed by atoms with Crippen LogP contribution in [0.3, 0.4) is 0 Å². The second-order valence-electron chi connectivity index (χ2n) is 6.83. The van der Waals surface area contributed by atoms with Gasteiger partial charge in [0.15, 0.2) is 5.96 Å². The third kappa shape index (κ3) is 7.62. The van der Waals surface area contributed by atoms with Crippen LogP contribution >= 0.6 is 0 Å². The van der Waals surface area contributed by atoms with Crippen molar-refractivity contribution in [3.05, 3.63) is 59.4 Å². The van der Waals surface area contributed by atoms with Crippen molar-refractivity contribution in [1.29, 1.82) is 0 Å². The number of rotatable bonds is 9. The molecule has 30 heavy (non-hydrogen) atoms. The first kappa shape index (κ1) is 23.0. The summed E-state index contributed by atoms with van der Waals surface area (Å²) in [6.07, 6.45) is 0.764. The number of guanidine groups is 1. The first-order valence-corrected chi connectivity index (χ1v) is 9.60. The lowest BCUT2D eigenvalue weighted by Crippen LogP contribution is -2.43. The summed E-state index contributed by atoms with van der Waals surface area (Å²) in [5.74, 6) is 1.26. The summed E-state index contributed by atoms with van der Waals surface area (Å²) in [6.45, 7) is 0.955. The largest absolute Gasteiger partial charge is 0.497 e. The molecule has 1 amide bonds. The third-order valence-electron chi connectivity index (χ3n) is 4.36. The van der Waals surface area contributed by atoms with Gasteiger partial charge in [0.05, 0.1) is 27.3 Å². The Balaban J connectivity index is 2.02. The zero-order valence-corrected chi connectivity index (χ0v) is 17.9. The molecule has 0 saturated carbocycles. The summed E-state index contributed by atoms with van der Waals surface area (Å²) in [6, 6.07) is 12.3. The van der Waals surface area contributed by atoms with Crippen molar-refractivity contribution in [2.75, 3.05) is 41.4 Å². The van der Waals surface area contributed by atoms with Crippen LogP contribution in [0.1, 0.15) is 11.1 Å². The normalized spacial score (nSPS) is 11.0. The number of benzene rings is 2. The zero-order chi connectivity index (χ0) is 21.9. The van der Waals surface area contributed by atoms with Gasteiger partial charge in [0.2, 0.25) is 5.91 Å². The summed E-state index contributed by atoms with van der Waals surface area (Å²) >= 11 is 0. The van der Waals surface area contributed by atoms with Crippen LogP contribution in [-0.4, -0.2) is 58.2 Å². The smallest absolute Gasteiger partial charge is 0.241 e. The number of likely N-dealkylation sites (N-methyl/N-ethyl adjacent to an activating group) is 1. The topological polar surface area (TPSA) is 75.2 Å². The molecule has 0 atom stereocenters. The fourth-order valence-corrected chi connectivity index (χ4v) is 2.61. The summed E-state index contributed by atoms with van der Waals surface area (Å²) in [5, 5.41) is 6.24. The van der Waals surface area contributed by atoms with Gasteiger partial charge in [-0.3, -0.25) is 4.79 Å². The van der Waals surface area contributed by atoms with Crippen LogP contribution in [0.25, 0.3) is 0 Å². The summed E-state index contributed by atoms with van der Waals surface area (Å²) in [4.78, 5) is 17.9. The summed E-state index contributed by atoms with van der Waals surface area (Å²) < 4.78 is 24.0. The fraction of sp³-hybridized carbons (Fsp3) is 0.364. The van der Waals surface area contributed by atoms with Crippen molar-refractivity contribution in [3.8, 4) is 11.5 Å².